The predicted molar refractivity (Wildman–Crippen MR) is 100 cm³/mol. The molecule has 0 aromatic carbocycles. The molecule has 1 fully saturated rings. The van der Waals surface area contributed by atoms with Crippen LogP contribution in [0, 0.1) is 0 Å². The Hall–Kier alpha value is -2.73. The van der Waals surface area contributed by atoms with Gasteiger partial charge in [-0.25, -0.2) is 4.98 Å². The monoisotopic (exact) mass is 350 g/mol. The third-order valence-electron chi connectivity index (χ3n) is 5.17. The number of hydrogen-bond donors (Lipinski definition) is 2. The van der Waals surface area contributed by atoms with Crippen LogP contribution in [0.4, 0.5) is 5.69 Å². The quantitative estimate of drug-likeness (QED) is 0.886. The van der Waals surface area contributed by atoms with Gasteiger partial charge < -0.3 is 15.7 Å². The predicted octanol–water partition coefficient (Wildman–Crippen LogP) is 2.28. The summed E-state index contributed by atoms with van der Waals surface area (Å²) in [5.41, 5.74) is 13.1. The molecule has 6 heteroatoms. The highest BCUT2D eigenvalue weighted by Gasteiger charge is 2.31. The normalized spacial score (nSPS) is 16.7. The van der Waals surface area contributed by atoms with Crippen molar-refractivity contribution in [3.63, 3.8) is 0 Å². The number of rotatable bonds is 3. The van der Waals surface area contributed by atoms with Gasteiger partial charge in [-0.15, -0.1) is 0 Å². The lowest BCUT2D eigenvalue weighted by Gasteiger charge is -2.35. The van der Waals surface area contributed by atoms with Crippen LogP contribution in [0.2, 0.25) is 0 Å². The average molecular weight is 350 g/mol. The van der Waals surface area contributed by atoms with Crippen molar-refractivity contribution in [2.24, 2.45) is 0 Å². The fourth-order valence-electron chi connectivity index (χ4n) is 3.69. The first-order valence-corrected chi connectivity index (χ1v) is 8.90. The number of carbonyl (C=O) groups is 1. The molecule has 2 aromatic rings. The van der Waals surface area contributed by atoms with Gasteiger partial charge in [-0.1, -0.05) is 12.5 Å². The molecule has 3 heterocycles. The number of nitrogens with two attached hydrogens (primary N) is 1. The molecule has 1 aliphatic carbocycles. The van der Waals surface area contributed by atoms with E-state index in [2.05, 4.69) is 29.9 Å². The van der Waals surface area contributed by atoms with Gasteiger partial charge in [-0.3, -0.25) is 9.78 Å². The summed E-state index contributed by atoms with van der Waals surface area (Å²) in [5.74, 6) is -0.242. The number of β-amino-alcohol motifs (C(OH)–C–C–N with tert-alkyl or cyclic N) is 1. The van der Waals surface area contributed by atoms with Crippen LogP contribution in [0.5, 0.6) is 0 Å². The van der Waals surface area contributed by atoms with Gasteiger partial charge in [0.05, 0.1) is 23.2 Å². The van der Waals surface area contributed by atoms with Crippen molar-refractivity contribution in [1.82, 2.24) is 14.9 Å². The zero-order valence-electron chi connectivity index (χ0n) is 15.0. The van der Waals surface area contributed by atoms with Gasteiger partial charge >= 0.3 is 0 Å². The molecule has 26 heavy (non-hydrogen) atoms. The van der Waals surface area contributed by atoms with E-state index >= 15 is 0 Å². The van der Waals surface area contributed by atoms with E-state index in [1.54, 1.807) is 11.0 Å². The molecule has 4 rings (SSSR count). The first kappa shape index (κ1) is 16.7. The summed E-state index contributed by atoms with van der Waals surface area (Å²) in [6, 6.07) is 5.64. The van der Waals surface area contributed by atoms with E-state index in [1.165, 1.54) is 16.7 Å². The summed E-state index contributed by atoms with van der Waals surface area (Å²) in [4.78, 5) is 23.2. The van der Waals surface area contributed by atoms with Gasteiger partial charge in [-0.05, 0) is 37.1 Å². The van der Waals surface area contributed by atoms with Gasteiger partial charge in [0, 0.05) is 36.8 Å². The Labute approximate surface area is 152 Å². The Balaban J connectivity index is 1.70. The van der Waals surface area contributed by atoms with E-state index in [0.717, 1.165) is 24.1 Å². The van der Waals surface area contributed by atoms with E-state index in [4.69, 9.17) is 5.73 Å². The van der Waals surface area contributed by atoms with E-state index in [1.807, 2.05) is 12.3 Å². The third kappa shape index (κ3) is 2.66. The van der Waals surface area contributed by atoms with E-state index in [-0.39, 0.29) is 11.6 Å². The van der Waals surface area contributed by atoms with Crippen molar-refractivity contribution in [1.29, 1.82) is 0 Å². The lowest BCUT2D eigenvalue weighted by Crippen LogP contribution is -2.53. The molecule has 0 bridgehead atoms. The van der Waals surface area contributed by atoms with E-state index < -0.39 is 6.10 Å². The summed E-state index contributed by atoms with van der Waals surface area (Å²) >= 11 is 0. The van der Waals surface area contributed by atoms with Crippen LogP contribution < -0.4 is 5.73 Å². The minimum atomic E-state index is -0.452. The number of nitrogen functional groups attached to an aromatic ring is 1. The maximum absolute atomic E-state index is 12.6. The third-order valence-corrected chi connectivity index (χ3v) is 5.17. The largest absolute Gasteiger partial charge is 0.397 e. The van der Waals surface area contributed by atoms with Gasteiger partial charge in [0.15, 0.2) is 5.69 Å². The molecule has 0 saturated carbocycles. The molecule has 1 saturated heterocycles. The number of aliphatic hydroxyl groups is 1. The molecule has 1 amide bonds. The van der Waals surface area contributed by atoms with Crippen molar-refractivity contribution in [3.05, 3.63) is 46.9 Å². The second kappa shape index (κ2) is 6.21. The van der Waals surface area contributed by atoms with Crippen LogP contribution in [-0.2, 0) is 6.42 Å². The summed E-state index contributed by atoms with van der Waals surface area (Å²) in [7, 11) is 0. The maximum atomic E-state index is 12.6. The molecule has 6 nitrogen and oxygen atoms in total. The summed E-state index contributed by atoms with van der Waals surface area (Å²) in [5, 5.41) is 9.42. The Morgan fingerprint density at radius 1 is 1.38 bits per heavy atom. The summed E-state index contributed by atoms with van der Waals surface area (Å²) < 4.78 is 0. The van der Waals surface area contributed by atoms with Crippen LogP contribution >= 0.6 is 0 Å². The number of aliphatic hydroxyl groups excluding tert-OH is 1. The molecule has 3 N–H and O–H groups in total. The lowest BCUT2D eigenvalue weighted by atomic mass is 10.0. The first-order valence-electron chi connectivity index (χ1n) is 8.90. The number of anilines is 1. The van der Waals surface area contributed by atoms with Crippen molar-refractivity contribution in [2.45, 2.75) is 32.8 Å². The highest BCUT2D eigenvalue weighted by atomic mass is 16.3. The number of hydrogen-bond acceptors (Lipinski definition) is 5. The van der Waals surface area contributed by atoms with Crippen LogP contribution in [-0.4, -0.2) is 45.1 Å². The zero-order valence-corrected chi connectivity index (χ0v) is 15.0. The van der Waals surface area contributed by atoms with Crippen molar-refractivity contribution >= 4 is 17.2 Å². The molecule has 1 aliphatic heterocycles. The molecule has 2 aromatic heterocycles. The highest BCUT2D eigenvalue weighted by Crippen LogP contribution is 2.35. The van der Waals surface area contributed by atoms with Gasteiger partial charge in [0.2, 0.25) is 0 Å². The number of fused-ring (bicyclic) bond motifs is 1. The number of likely N-dealkylation sites (tertiary alicyclic amines) is 1. The number of allylic oxidation sites excluding steroid dienone is 2. The molecule has 0 spiro atoms. The minimum Gasteiger partial charge on any atom is -0.397 e. The second-order valence-corrected chi connectivity index (χ2v) is 7.01. The maximum Gasteiger partial charge on any atom is 0.274 e. The molecule has 134 valence electrons. The fourth-order valence-corrected chi connectivity index (χ4v) is 3.69. The van der Waals surface area contributed by atoms with Crippen molar-refractivity contribution in [3.8, 4) is 11.3 Å². The molecule has 2 aliphatic rings. The molecule has 0 unspecified atom stereocenters. The van der Waals surface area contributed by atoms with Crippen molar-refractivity contribution in [2.75, 3.05) is 18.8 Å². The zero-order chi connectivity index (χ0) is 18.4. The van der Waals surface area contributed by atoms with E-state index in [0.29, 0.717) is 24.5 Å². The SMILES string of the molecule is CCC1=C(C)Cc2ncc(-c3ccc(N)c(C(=O)N4CC(O)C4)n3)cc21. The second-order valence-electron chi connectivity index (χ2n) is 7.01. The Morgan fingerprint density at radius 2 is 2.15 bits per heavy atom. The topological polar surface area (TPSA) is 92.3 Å². The first-order chi connectivity index (χ1) is 12.5. The number of amides is 1. The summed E-state index contributed by atoms with van der Waals surface area (Å²) in [6.45, 7) is 4.96. The van der Waals surface area contributed by atoms with Crippen LogP contribution in [0.15, 0.2) is 30.0 Å². The Kier molecular flexibility index (Phi) is 4.00. The molecule has 0 atom stereocenters. The lowest BCUT2D eigenvalue weighted by molar-refractivity contribution is 0.00559. The highest BCUT2D eigenvalue weighted by molar-refractivity contribution is 5.98. The number of aromatic nitrogens is 2. The van der Waals surface area contributed by atoms with Crippen LogP contribution in [0.25, 0.3) is 16.8 Å². The van der Waals surface area contributed by atoms with Gasteiger partial charge in [-0.2, -0.15) is 0 Å². The summed E-state index contributed by atoms with van der Waals surface area (Å²) in [6.07, 6.45) is 3.23. The Morgan fingerprint density at radius 3 is 2.85 bits per heavy atom. The molecule has 0 radical (unpaired) electrons. The number of carbonyl (C=O) groups excluding carboxylic acids is 1. The average Bonchev–Trinajstić information content (AvgIpc) is 2.93. The van der Waals surface area contributed by atoms with Crippen LogP contribution in [0.3, 0.4) is 0 Å². The van der Waals surface area contributed by atoms with Crippen molar-refractivity contribution < 1.29 is 9.90 Å². The molecular weight excluding hydrogens is 328 g/mol. The van der Waals surface area contributed by atoms with Gasteiger partial charge in [0.1, 0.15) is 0 Å². The Bertz CT molecular complexity index is 929. The van der Waals surface area contributed by atoms with Crippen LogP contribution in [0.1, 0.15) is 42.0 Å². The number of nitrogens with zero attached hydrogens (tertiary/aromatic N) is 3. The molecular formula is C20H22N4O2. The minimum absolute atomic E-state index is 0.234. The fraction of sp³-hybridized carbons (Fsp3) is 0.350. The van der Waals surface area contributed by atoms with E-state index in [9.17, 15) is 9.90 Å². The van der Waals surface area contributed by atoms with Gasteiger partial charge in [0.25, 0.3) is 5.91 Å². The standard InChI is InChI=1S/C20H22N4O2/c1-3-14-11(2)6-18-15(14)7-12(8-22-18)17-5-4-16(21)19(23-17)20(26)24-9-13(25)10-24/h4-5,7-8,13,25H,3,6,9-10,21H2,1-2H3. The number of pyridine rings is 2. The smallest absolute Gasteiger partial charge is 0.274 e.